The Bertz CT molecular complexity index is 468. The van der Waals surface area contributed by atoms with E-state index in [1.54, 1.807) is 0 Å². The molecule has 0 bridgehead atoms. The Morgan fingerprint density at radius 1 is 1.43 bits per heavy atom. The van der Waals surface area contributed by atoms with Crippen molar-refractivity contribution in [3.63, 3.8) is 0 Å². The molecule has 0 amide bonds. The standard InChI is InChI=1S/C9H7FN2O2/c10-6-3-5(1-2-7(6)13)8-4-12-9(11)14-8/h1-4,13H,(H2,11,12). The number of nitrogens with zero attached hydrogens (tertiary/aromatic N) is 1. The van der Waals surface area contributed by atoms with E-state index in [9.17, 15) is 4.39 Å². The van der Waals surface area contributed by atoms with E-state index in [0.717, 1.165) is 6.07 Å². The molecule has 0 aliphatic rings. The fraction of sp³-hybridized carbons (Fsp3) is 0. The molecule has 5 heteroatoms. The van der Waals surface area contributed by atoms with Gasteiger partial charge in [0.25, 0.3) is 6.01 Å². The van der Waals surface area contributed by atoms with E-state index < -0.39 is 11.6 Å². The summed E-state index contributed by atoms with van der Waals surface area (Å²) in [5.41, 5.74) is 5.74. The van der Waals surface area contributed by atoms with Crippen molar-refractivity contribution in [2.24, 2.45) is 0 Å². The van der Waals surface area contributed by atoms with Crippen LogP contribution in [0.15, 0.2) is 28.8 Å². The van der Waals surface area contributed by atoms with Gasteiger partial charge in [-0.2, -0.15) is 0 Å². The predicted molar refractivity (Wildman–Crippen MR) is 48.0 cm³/mol. The van der Waals surface area contributed by atoms with Gasteiger partial charge in [-0.25, -0.2) is 9.37 Å². The maximum absolute atomic E-state index is 12.9. The quantitative estimate of drug-likeness (QED) is 0.725. The number of halogens is 1. The SMILES string of the molecule is Nc1ncc(-c2ccc(O)c(F)c2)o1. The van der Waals surface area contributed by atoms with E-state index in [2.05, 4.69) is 4.98 Å². The van der Waals surface area contributed by atoms with E-state index in [1.165, 1.54) is 18.3 Å². The summed E-state index contributed by atoms with van der Waals surface area (Å²) in [5.74, 6) is -0.750. The van der Waals surface area contributed by atoms with Gasteiger partial charge in [-0.05, 0) is 18.2 Å². The number of phenols is 1. The lowest BCUT2D eigenvalue weighted by Gasteiger charge is -1.97. The monoisotopic (exact) mass is 194 g/mol. The Balaban J connectivity index is 2.47. The Hall–Kier alpha value is -2.04. The normalized spacial score (nSPS) is 10.4. The Morgan fingerprint density at radius 3 is 2.79 bits per heavy atom. The van der Waals surface area contributed by atoms with Gasteiger partial charge in [0.15, 0.2) is 17.3 Å². The van der Waals surface area contributed by atoms with Crippen LogP contribution in [-0.2, 0) is 0 Å². The number of benzene rings is 1. The summed E-state index contributed by atoms with van der Waals surface area (Å²) < 4.78 is 17.9. The van der Waals surface area contributed by atoms with Crippen LogP contribution in [0.25, 0.3) is 11.3 Å². The van der Waals surface area contributed by atoms with E-state index >= 15 is 0 Å². The Kier molecular flexibility index (Phi) is 1.85. The van der Waals surface area contributed by atoms with Crippen molar-refractivity contribution in [2.75, 3.05) is 5.73 Å². The molecule has 1 aromatic carbocycles. The minimum absolute atomic E-state index is 0.0217. The lowest BCUT2D eigenvalue weighted by atomic mass is 10.2. The fourth-order valence-electron chi connectivity index (χ4n) is 1.08. The van der Waals surface area contributed by atoms with Crippen molar-refractivity contribution in [3.8, 4) is 17.1 Å². The molecule has 0 saturated heterocycles. The van der Waals surface area contributed by atoms with E-state index in [4.69, 9.17) is 15.3 Å². The highest BCUT2D eigenvalue weighted by Crippen LogP contribution is 2.25. The lowest BCUT2D eigenvalue weighted by Crippen LogP contribution is -1.80. The van der Waals surface area contributed by atoms with E-state index in [-0.39, 0.29) is 6.01 Å². The summed E-state index contributed by atoms with van der Waals surface area (Å²) in [4.78, 5) is 3.67. The summed E-state index contributed by atoms with van der Waals surface area (Å²) in [5, 5.41) is 8.95. The molecular formula is C9H7FN2O2. The zero-order valence-corrected chi connectivity index (χ0v) is 7.07. The molecule has 0 aliphatic heterocycles. The predicted octanol–water partition coefficient (Wildman–Crippen LogP) is 1.77. The number of nitrogens with two attached hydrogens (primary N) is 1. The molecule has 0 radical (unpaired) electrons. The first-order valence-electron chi connectivity index (χ1n) is 3.87. The highest BCUT2D eigenvalue weighted by molar-refractivity contribution is 5.58. The third-order valence-electron chi connectivity index (χ3n) is 1.76. The lowest BCUT2D eigenvalue weighted by molar-refractivity contribution is 0.432. The van der Waals surface area contributed by atoms with Crippen LogP contribution in [0.4, 0.5) is 10.4 Å². The van der Waals surface area contributed by atoms with Crippen molar-refractivity contribution in [1.82, 2.24) is 4.98 Å². The first-order valence-corrected chi connectivity index (χ1v) is 3.87. The second-order valence-electron chi connectivity index (χ2n) is 2.73. The van der Waals surface area contributed by atoms with Gasteiger partial charge in [-0.3, -0.25) is 0 Å². The zero-order valence-electron chi connectivity index (χ0n) is 7.07. The summed E-state index contributed by atoms with van der Waals surface area (Å²) in [7, 11) is 0. The number of aromatic hydroxyl groups is 1. The van der Waals surface area contributed by atoms with Gasteiger partial charge >= 0.3 is 0 Å². The molecule has 1 heterocycles. The molecule has 72 valence electrons. The molecule has 0 aliphatic carbocycles. The topological polar surface area (TPSA) is 72.3 Å². The van der Waals surface area contributed by atoms with Crippen LogP contribution in [-0.4, -0.2) is 10.1 Å². The number of nitrogen functional groups attached to an aromatic ring is 1. The van der Waals surface area contributed by atoms with Gasteiger partial charge in [0, 0.05) is 5.56 Å². The summed E-state index contributed by atoms with van der Waals surface area (Å²) >= 11 is 0. The molecule has 4 nitrogen and oxygen atoms in total. The molecule has 0 unspecified atom stereocenters. The second kappa shape index (κ2) is 3.02. The molecule has 14 heavy (non-hydrogen) atoms. The van der Waals surface area contributed by atoms with Gasteiger partial charge in [0.05, 0.1) is 6.20 Å². The summed E-state index contributed by atoms with van der Waals surface area (Å²) in [6.07, 6.45) is 1.39. The van der Waals surface area contributed by atoms with Crippen molar-refractivity contribution >= 4 is 6.01 Å². The van der Waals surface area contributed by atoms with E-state index in [1.807, 2.05) is 0 Å². The minimum atomic E-state index is -0.711. The van der Waals surface area contributed by atoms with Crippen LogP contribution in [0.2, 0.25) is 0 Å². The highest BCUT2D eigenvalue weighted by Gasteiger charge is 2.07. The molecule has 2 rings (SSSR count). The third-order valence-corrected chi connectivity index (χ3v) is 1.76. The van der Waals surface area contributed by atoms with Gasteiger partial charge in [0.2, 0.25) is 0 Å². The van der Waals surface area contributed by atoms with Crippen LogP contribution >= 0.6 is 0 Å². The number of phenolic OH excluding ortho intramolecular Hbond substituents is 1. The van der Waals surface area contributed by atoms with Crippen LogP contribution in [0.5, 0.6) is 5.75 Å². The van der Waals surface area contributed by atoms with E-state index in [0.29, 0.717) is 11.3 Å². The van der Waals surface area contributed by atoms with Crippen molar-refractivity contribution < 1.29 is 13.9 Å². The van der Waals surface area contributed by atoms with Crippen LogP contribution in [0.1, 0.15) is 0 Å². The Morgan fingerprint density at radius 2 is 2.21 bits per heavy atom. The average Bonchev–Trinajstić information content (AvgIpc) is 2.57. The average molecular weight is 194 g/mol. The maximum Gasteiger partial charge on any atom is 0.292 e. The minimum Gasteiger partial charge on any atom is -0.505 e. The zero-order chi connectivity index (χ0) is 10.1. The van der Waals surface area contributed by atoms with Crippen LogP contribution in [0.3, 0.4) is 0 Å². The number of aromatic nitrogens is 1. The fourth-order valence-corrected chi connectivity index (χ4v) is 1.08. The second-order valence-corrected chi connectivity index (χ2v) is 2.73. The first kappa shape index (κ1) is 8.55. The van der Waals surface area contributed by atoms with Crippen molar-refractivity contribution in [1.29, 1.82) is 0 Å². The number of anilines is 1. The molecular weight excluding hydrogens is 187 g/mol. The smallest absolute Gasteiger partial charge is 0.292 e. The molecule has 3 N–H and O–H groups in total. The summed E-state index contributed by atoms with van der Waals surface area (Å²) in [6.45, 7) is 0. The first-order chi connectivity index (χ1) is 6.66. The number of rotatable bonds is 1. The van der Waals surface area contributed by atoms with Gasteiger partial charge in [-0.15, -0.1) is 0 Å². The van der Waals surface area contributed by atoms with Crippen molar-refractivity contribution in [2.45, 2.75) is 0 Å². The third kappa shape index (κ3) is 1.39. The Labute approximate surface area is 78.8 Å². The molecule has 0 fully saturated rings. The molecule has 0 saturated carbocycles. The van der Waals surface area contributed by atoms with Crippen LogP contribution < -0.4 is 5.73 Å². The van der Waals surface area contributed by atoms with Crippen LogP contribution in [0, 0.1) is 5.82 Å². The number of hydrogen-bond donors (Lipinski definition) is 2. The molecule has 2 aromatic rings. The number of hydrogen-bond acceptors (Lipinski definition) is 4. The number of oxazole rings is 1. The summed E-state index contributed by atoms with van der Waals surface area (Å²) in [6, 6.07) is 3.92. The molecule has 0 atom stereocenters. The van der Waals surface area contributed by atoms with Crippen molar-refractivity contribution in [3.05, 3.63) is 30.2 Å². The van der Waals surface area contributed by atoms with Gasteiger partial charge in [-0.1, -0.05) is 0 Å². The maximum atomic E-state index is 12.9. The van der Waals surface area contributed by atoms with Gasteiger partial charge < -0.3 is 15.3 Å². The highest BCUT2D eigenvalue weighted by atomic mass is 19.1. The largest absolute Gasteiger partial charge is 0.505 e. The van der Waals surface area contributed by atoms with Gasteiger partial charge in [0.1, 0.15) is 0 Å². The molecule has 1 aromatic heterocycles. The molecule has 0 spiro atoms.